The number of fused-ring (bicyclic) bond motifs is 3. The zero-order valence-corrected chi connectivity index (χ0v) is 13.2. The Hall–Kier alpha value is -2.19. The van der Waals surface area contributed by atoms with Crippen molar-refractivity contribution < 1.29 is 0 Å². The van der Waals surface area contributed by atoms with Gasteiger partial charge in [-0.3, -0.25) is 0 Å². The van der Waals surface area contributed by atoms with Gasteiger partial charge in [-0.05, 0) is 17.2 Å². The van der Waals surface area contributed by atoms with Crippen LogP contribution in [0.1, 0.15) is 25.0 Å². The Morgan fingerprint density at radius 3 is 2.23 bits per heavy atom. The maximum atomic E-state index is 6.22. The van der Waals surface area contributed by atoms with Crippen molar-refractivity contribution >= 4 is 11.6 Å². The summed E-state index contributed by atoms with van der Waals surface area (Å²) >= 11 is 6.22. The number of benzene rings is 2. The first-order valence-corrected chi connectivity index (χ1v) is 7.70. The molecule has 0 bridgehead atoms. The molecule has 0 N–H and O–H groups in total. The zero-order valence-electron chi connectivity index (χ0n) is 12.5. The van der Waals surface area contributed by atoms with Crippen molar-refractivity contribution in [3.8, 4) is 22.5 Å². The topological polar surface area (TPSA) is 25.8 Å². The average Bonchev–Trinajstić information content (AvgIpc) is 2.76. The van der Waals surface area contributed by atoms with E-state index in [-0.39, 0.29) is 5.41 Å². The lowest BCUT2D eigenvalue weighted by molar-refractivity contribution is 0.657. The van der Waals surface area contributed by atoms with Crippen molar-refractivity contribution in [3.63, 3.8) is 0 Å². The summed E-state index contributed by atoms with van der Waals surface area (Å²) in [5, 5.41) is 0.296. The van der Waals surface area contributed by atoms with E-state index in [1.807, 2.05) is 24.3 Å². The lowest BCUT2D eigenvalue weighted by atomic mass is 9.81. The lowest BCUT2D eigenvalue weighted by Crippen LogP contribution is -2.17. The Balaban J connectivity index is 2.09. The Labute approximate surface area is 134 Å². The SMILES string of the molecule is CC1(C)c2ccccc2-c2nc(Cl)nc(-c3ccccc3)c21. The molecule has 0 radical (unpaired) electrons. The van der Waals surface area contributed by atoms with Crippen LogP contribution >= 0.6 is 11.6 Å². The summed E-state index contributed by atoms with van der Waals surface area (Å²) in [5.74, 6) is 0. The Kier molecular flexibility index (Phi) is 2.85. The van der Waals surface area contributed by atoms with Crippen molar-refractivity contribution in [2.24, 2.45) is 0 Å². The molecule has 3 aromatic rings. The maximum absolute atomic E-state index is 6.22. The van der Waals surface area contributed by atoms with Gasteiger partial charge in [0.2, 0.25) is 5.28 Å². The average molecular weight is 307 g/mol. The molecule has 1 aliphatic carbocycles. The molecule has 1 heterocycles. The van der Waals surface area contributed by atoms with Gasteiger partial charge in [0.1, 0.15) is 0 Å². The Bertz CT molecular complexity index is 870. The van der Waals surface area contributed by atoms with Crippen LogP contribution in [-0.4, -0.2) is 9.97 Å². The summed E-state index contributed by atoms with van der Waals surface area (Å²) < 4.78 is 0. The molecule has 108 valence electrons. The number of halogens is 1. The molecular weight excluding hydrogens is 292 g/mol. The molecule has 1 aromatic heterocycles. The molecule has 4 rings (SSSR count). The van der Waals surface area contributed by atoms with Gasteiger partial charge in [-0.2, -0.15) is 0 Å². The van der Waals surface area contributed by atoms with Gasteiger partial charge in [-0.25, -0.2) is 9.97 Å². The fourth-order valence-corrected chi connectivity index (χ4v) is 3.56. The molecule has 0 fully saturated rings. The number of hydrogen-bond acceptors (Lipinski definition) is 2. The minimum Gasteiger partial charge on any atom is -0.218 e. The highest BCUT2D eigenvalue weighted by molar-refractivity contribution is 6.28. The fraction of sp³-hybridized carbons (Fsp3) is 0.158. The first-order chi connectivity index (χ1) is 10.6. The van der Waals surface area contributed by atoms with E-state index in [0.717, 1.165) is 28.1 Å². The molecule has 0 saturated carbocycles. The van der Waals surface area contributed by atoms with Gasteiger partial charge < -0.3 is 0 Å². The molecule has 22 heavy (non-hydrogen) atoms. The van der Waals surface area contributed by atoms with Gasteiger partial charge in [0.15, 0.2) is 0 Å². The highest BCUT2D eigenvalue weighted by Gasteiger charge is 2.39. The van der Waals surface area contributed by atoms with Crippen LogP contribution in [0.25, 0.3) is 22.5 Å². The predicted octanol–water partition coefficient (Wildman–Crippen LogP) is 5.10. The van der Waals surface area contributed by atoms with E-state index >= 15 is 0 Å². The Morgan fingerprint density at radius 1 is 0.818 bits per heavy atom. The Morgan fingerprint density at radius 2 is 1.45 bits per heavy atom. The summed E-state index contributed by atoms with van der Waals surface area (Å²) in [6, 6.07) is 18.6. The van der Waals surface area contributed by atoms with Crippen LogP contribution in [0, 0.1) is 0 Å². The number of hydrogen-bond donors (Lipinski definition) is 0. The third-order valence-corrected chi connectivity index (χ3v) is 4.58. The smallest absolute Gasteiger partial charge is 0.218 e. The van der Waals surface area contributed by atoms with E-state index in [2.05, 4.69) is 54.1 Å². The molecule has 2 aromatic carbocycles. The van der Waals surface area contributed by atoms with Crippen LogP contribution in [0.5, 0.6) is 0 Å². The standard InChI is InChI=1S/C19H15ClN2/c1-19(2)14-11-7-6-10-13(14)17-15(19)16(21-18(20)22-17)12-8-4-3-5-9-12/h3-11H,1-2H3. The van der Waals surface area contributed by atoms with Crippen molar-refractivity contribution in [2.75, 3.05) is 0 Å². The zero-order chi connectivity index (χ0) is 15.3. The van der Waals surface area contributed by atoms with E-state index in [9.17, 15) is 0 Å². The fourth-order valence-electron chi connectivity index (χ4n) is 3.39. The van der Waals surface area contributed by atoms with Crippen molar-refractivity contribution in [1.29, 1.82) is 0 Å². The highest BCUT2D eigenvalue weighted by atomic mass is 35.5. The summed E-state index contributed by atoms with van der Waals surface area (Å²) in [4.78, 5) is 9.08. The molecule has 0 saturated heterocycles. The van der Waals surface area contributed by atoms with Gasteiger partial charge in [-0.15, -0.1) is 0 Å². The molecule has 1 aliphatic rings. The maximum Gasteiger partial charge on any atom is 0.223 e. The third kappa shape index (κ3) is 1.80. The van der Waals surface area contributed by atoms with Gasteiger partial charge in [0, 0.05) is 22.1 Å². The van der Waals surface area contributed by atoms with Crippen molar-refractivity contribution in [2.45, 2.75) is 19.3 Å². The van der Waals surface area contributed by atoms with E-state index < -0.39 is 0 Å². The largest absolute Gasteiger partial charge is 0.223 e. The van der Waals surface area contributed by atoms with Gasteiger partial charge in [-0.1, -0.05) is 68.4 Å². The summed E-state index contributed by atoms with van der Waals surface area (Å²) in [7, 11) is 0. The molecule has 0 aliphatic heterocycles. The molecular formula is C19H15ClN2. The summed E-state index contributed by atoms with van der Waals surface area (Å²) in [6.07, 6.45) is 0. The molecule has 0 amide bonds. The molecule has 0 spiro atoms. The van der Waals surface area contributed by atoms with Crippen LogP contribution in [0.4, 0.5) is 0 Å². The van der Waals surface area contributed by atoms with Crippen LogP contribution < -0.4 is 0 Å². The lowest BCUT2D eigenvalue weighted by Gasteiger charge is -2.23. The monoisotopic (exact) mass is 306 g/mol. The second kappa shape index (κ2) is 4.65. The third-order valence-electron chi connectivity index (χ3n) is 4.41. The van der Waals surface area contributed by atoms with Crippen molar-refractivity contribution in [1.82, 2.24) is 9.97 Å². The van der Waals surface area contributed by atoms with E-state index in [1.165, 1.54) is 5.56 Å². The summed E-state index contributed by atoms with van der Waals surface area (Å²) in [6.45, 7) is 4.45. The van der Waals surface area contributed by atoms with Crippen LogP contribution in [0.2, 0.25) is 5.28 Å². The number of aromatic nitrogens is 2. The first-order valence-electron chi connectivity index (χ1n) is 7.32. The minimum atomic E-state index is -0.137. The van der Waals surface area contributed by atoms with Gasteiger partial charge in [0.25, 0.3) is 0 Å². The molecule has 2 nitrogen and oxygen atoms in total. The second-order valence-corrected chi connectivity index (χ2v) is 6.44. The molecule has 3 heteroatoms. The highest BCUT2D eigenvalue weighted by Crippen LogP contribution is 2.50. The minimum absolute atomic E-state index is 0.137. The van der Waals surface area contributed by atoms with Gasteiger partial charge in [0.05, 0.1) is 11.4 Å². The molecule has 0 atom stereocenters. The second-order valence-electron chi connectivity index (χ2n) is 6.10. The van der Waals surface area contributed by atoms with Crippen LogP contribution in [-0.2, 0) is 5.41 Å². The predicted molar refractivity (Wildman–Crippen MR) is 90.0 cm³/mol. The van der Waals surface area contributed by atoms with Crippen LogP contribution in [0.15, 0.2) is 54.6 Å². The first kappa shape index (κ1) is 13.5. The number of nitrogens with zero attached hydrogens (tertiary/aromatic N) is 2. The van der Waals surface area contributed by atoms with E-state index in [1.54, 1.807) is 0 Å². The quantitative estimate of drug-likeness (QED) is 0.584. The van der Waals surface area contributed by atoms with Crippen molar-refractivity contribution in [3.05, 3.63) is 71.0 Å². The van der Waals surface area contributed by atoms with E-state index in [4.69, 9.17) is 11.6 Å². The summed E-state index contributed by atoms with van der Waals surface area (Å²) in [5.41, 5.74) is 6.41. The van der Waals surface area contributed by atoms with E-state index in [0.29, 0.717) is 5.28 Å². The van der Waals surface area contributed by atoms with Gasteiger partial charge >= 0.3 is 0 Å². The number of rotatable bonds is 1. The molecule has 0 unspecified atom stereocenters. The normalized spacial score (nSPS) is 14.5. The van der Waals surface area contributed by atoms with Crippen LogP contribution in [0.3, 0.4) is 0 Å².